The van der Waals surface area contributed by atoms with Crippen molar-refractivity contribution in [1.29, 1.82) is 0 Å². The van der Waals surface area contributed by atoms with Crippen molar-refractivity contribution in [2.45, 2.75) is 0 Å². The number of hydrogen-bond acceptors (Lipinski definition) is 3. The van der Waals surface area contributed by atoms with Gasteiger partial charge in [-0.25, -0.2) is 0 Å². The first kappa shape index (κ1) is 12.2. The maximum Gasteiger partial charge on any atom is 0.187 e. The average molecular weight is 356 g/mol. The summed E-state index contributed by atoms with van der Waals surface area (Å²) in [4.78, 5) is 0. The van der Waals surface area contributed by atoms with E-state index in [0.29, 0.717) is 0 Å². The van der Waals surface area contributed by atoms with Gasteiger partial charge in [-0.05, 0) is 54.8 Å². The summed E-state index contributed by atoms with van der Waals surface area (Å²) >= 11 is 9.88. The van der Waals surface area contributed by atoms with Crippen LogP contribution in [0.4, 0.5) is 0 Å². The van der Waals surface area contributed by atoms with Crippen molar-refractivity contribution in [2.75, 3.05) is 7.11 Å². The summed E-state index contributed by atoms with van der Waals surface area (Å²) in [6, 6.07) is 3.98. The van der Waals surface area contributed by atoms with Crippen molar-refractivity contribution in [3.8, 4) is 5.06 Å². The van der Waals surface area contributed by atoms with Crippen LogP contribution in [0.2, 0.25) is 0 Å². The van der Waals surface area contributed by atoms with Crippen molar-refractivity contribution in [3.63, 3.8) is 0 Å². The van der Waals surface area contributed by atoms with Crippen LogP contribution in [-0.2, 0) is 0 Å². The molecule has 14 heavy (non-hydrogen) atoms. The first-order valence-electron chi connectivity index (χ1n) is 3.68. The molecule has 5 heteroatoms. The third-order valence-corrected chi connectivity index (χ3v) is 4.50. The normalized spacial score (nSPS) is 9.07. The predicted octanol–water partition coefficient (Wildman–Crippen LogP) is 5.03. The molecule has 0 bridgehead atoms. The fraction of sp³-hybridized carbons (Fsp3) is 0.111. The van der Waals surface area contributed by atoms with Gasteiger partial charge in [0.05, 0.1) is 11.6 Å². The molecule has 0 fully saturated rings. The molecule has 2 aromatic heterocycles. The molecule has 1 nitrogen and oxygen atoms in total. The summed E-state index contributed by atoms with van der Waals surface area (Å²) in [6.07, 6.45) is 0. The molecule has 0 atom stereocenters. The van der Waals surface area contributed by atoms with E-state index in [0.717, 1.165) is 9.54 Å². The van der Waals surface area contributed by atoms with Crippen LogP contribution in [0.5, 0.6) is 5.06 Å². The van der Waals surface area contributed by atoms with E-state index in [-0.39, 0.29) is 0 Å². The molecule has 0 unspecified atom stereocenters. The van der Waals surface area contributed by atoms with Crippen LogP contribution in [0.15, 0.2) is 37.2 Å². The highest BCUT2D eigenvalue weighted by Crippen LogP contribution is 2.29. The molecule has 0 N–H and O–H groups in total. The molecular formula is C9H8Br2OS2. The van der Waals surface area contributed by atoms with Gasteiger partial charge in [-0.1, -0.05) is 0 Å². The lowest BCUT2D eigenvalue weighted by atomic mass is 10.6. The molecular weight excluding hydrogens is 348 g/mol. The van der Waals surface area contributed by atoms with Crippen molar-refractivity contribution in [2.24, 2.45) is 0 Å². The minimum Gasteiger partial charge on any atom is -0.486 e. The number of thiophene rings is 2. The third-order valence-electron chi connectivity index (χ3n) is 1.26. The molecule has 2 aromatic rings. The Kier molecular flexibility index (Phi) is 5.77. The first-order valence-corrected chi connectivity index (χ1v) is 7.09. The minimum absolute atomic E-state index is 0.935. The lowest BCUT2D eigenvalue weighted by molar-refractivity contribution is 0.425. The molecule has 76 valence electrons. The fourth-order valence-corrected chi connectivity index (χ4v) is 3.17. The second-order valence-corrected chi connectivity index (χ2v) is 5.63. The largest absolute Gasteiger partial charge is 0.486 e. The molecule has 0 aliphatic carbocycles. The van der Waals surface area contributed by atoms with Gasteiger partial charge in [0.2, 0.25) is 0 Å². The smallest absolute Gasteiger partial charge is 0.187 e. The topological polar surface area (TPSA) is 9.23 Å². The second-order valence-electron chi connectivity index (χ2n) is 2.20. The van der Waals surface area contributed by atoms with E-state index in [1.807, 2.05) is 28.3 Å². The van der Waals surface area contributed by atoms with Gasteiger partial charge in [-0.15, -0.1) is 11.3 Å². The van der Waals surface area contributed by atoms with E-state index in [4.69, 9.17) is 4.74 Å². The molecule has 0 aromatic carbocycles. The van der Waals surface area contributed by atoms with E-state index in [1.165, 1.54) is 4.47 Å². The summed E-state index contributed by atoms with van der Waals surface area (Å²) < 4.78 is 7.16. The zero-order chi connectivity index (χ0) is 10.4. The van der Waals surface area contributed by atoms with E-state index in [1.54, 1.807) is 29.8 Å². The van der Waals surface area contributed by atoms with Gasteiger partial charge in [0.25, 0.3) is 0 Å². The summed E-state index contributed by atoms with van der Waals surface area (Å²) in [5, 5.41) is 6.98. The van der Waals surface area contributed by atoms with E-state index in [2.05, 4.69) is 31.9 Å². The van der Waals surface area contributed by atoms with Crippen LogP contribution >= 0.6 is 54.5 Å². The van der Waals surface area contributed by atoms with Crippen LogP contribution in [0.3, 0.4) is 0 Å². The average Bonchev–Trinajstić information content (AvgIpc) is 2.77. The predicted molar refractivity (Wildman–Crippen MR) is 70.6 cm³/mol. The van der Waals surface area contributed by atoms with Gasteiger partial charge in [0.1, 0.15) is 0 Å². The van der Waals surface area contributed by atoms with Gasteiger partial charge in [0, 0.05) is 9.85 Å². The van der Waals surface area contributed by atoms with Crippen LogP contribution in [0.25, 0.3) is 0 Å². The lowest BCUT2D eigenvalue weighted by Crippen LogP contribution is -1.75. The van der Waals surface area contributed by atoms with Crippen molar-refractivity contribution in [3.05, 3.63) is 37.2 Å². The van der Waals surface area contributed by atoms with Crippen LogP contribution in [-0.4, -0.2) is 7.11 Å². The van der Waals surface area contributed by atoms with Crippen LogP contribution in [0.1, 0.15) is 0 Å². The highest BCUT2D eigenvalue weighted by molar-refractivity contribution is 9.10. The van der Waals surface area contributed by atoms with Gasteiger partial charge < -0.3 is 4.74 Å². The standard InChI is InChI=1S/C5H5BrOS.C4H3BrS/c1-7-5-4(6)2-3-8-5;5-4-1-2-6-3-4/h2-3H,1H3;1-3H. The Morgan fingerprint density at radius 3 is 2.21 bits per heavy atom. The Morgan fingerprint density at radius 2 is 2.00 bits per heavy atom. The molecule has 0 aliphatic heterocycles. The lowest BCUT2D eigenvalue weighted by Gasteiger charge is -1.90. The molecule has 2 heterocycles. The molecule has 2 rings (SSSR count). The zero-order valence-electron chi connectivity index (χ0n) is 7.37. The number of halogens is 2. The SMILES string of the molecule is Brc1ccsc1.COc1sccc1Br. The van der Waals surface area contributed by atoms with Crippen molar-refractivity contribution < 1.29 is 4.74 Å². The van der Waals surface area contributed by atoms with Crippen LogP contribution in [0, 0.1) is 0 Å². The van der Waals surface area contributed by atoms with Gasteiger partial charge in [-0.3, -0.25) is 0 Å². The highest BCUT2D eigenvalue weighted by atomic mass is 79.9. The quantitative estimate of drug-likeness (QED) is 0.697. The Hall–Kier alpha value is 0.160. The van der Waals surface area contributed by atoms with E-state index >= 15 is 0 Å². The summed E-state index contributed by atoms with van der Waals surface area (Å²) in [6.45, 7) is 0. The molecule has 0 saturated carbocycles. The molecule has 0 saturated heterocycles. The van der Waals surface area contributed by atoms with Crippen LogP contribution < -0.4 is 4.74 Å². The van der Waals surface area contributed by atoms with Gasteiger partial charge >= 0.3 is 0 Å². The number of rotatable bonds is 1. The summed E-state index contributed by atoms with van der Waals surface area (Å²) in [7, 11) is 1.66. The fourth-order valence-electron chi connectivity index (χ4n) is 0.673. The van der Waals surface area contributed by atoms with E-state index < -0.39 is 0 Å². The van der Waals surface area contributed by atoms with Crippen molar-refractivity contribution >= 4 is 54.5 Å². The van der Waals surface area contributed by atoms with Gasteiger partial charge in [-0.2, -0.15) is 11.3 Å². The summed E-state index contributed by atoms with van der Waals surface area (Å²) in [5.74, 6) is 0. The van der Waals surface area contributed by atoms with Crippen molar-refractivity contribution in [1.82, 2.24) is 0 Å². The van der Waals surface area contributed by atoms with Gasteiger partial charge in [0.15, 0.2) is 5.06 Å². The zero-order valence-corrected chi connectivity index (χ0v) is 12.2. The first-order chi connectivity index (χ1) is 6.74. The monoisotopic (exact) mass is 354 g/mol. The Balaban J connectivity index is 0.000000146. The number of hydrogen-bond donors (Lipinski definition) is 0. The maximum absolute atomic E-state index is 4.96. The third kappa shape index (κ3) is 4.13. The minimum atomic E-state index is 0.935. The molecule has 0 radical (unpaired) electrons. The Bertz CT molecular complexity index is 357. The second kappa shape index (κ2) is 6.61. The Morgan fingerprint density at radius 1 is 1.21 bits per heavy atom. The summed E-state index contributed by atoms with van der Waals surface area (Å²) in [5.41, 5.74) is 0. The molecule has 0 aliphatic rings. The molecule has 0 spiro atoms. The Labute approximate surface area is 108 Å². The highest BCUT2D eigenvalue weighted by Gasteiger charge is 1.96. The number of ether oxygens (including phenoxy) is 1. The molecule has 0 amide bonds. The van der Waals surface area contributed by atoms with E-state index in [9.17, 15) is 0 Å². The maximum atomic E-state index is 4.96. The number of methoxy groups -OCH3 is 1.